The Morgan fingerprint density at radius 3 is 2.03 bits per heavy atom. The Kier molecular flexibility index (Phi) is 6.65. The zero-order valence-corrected chi connectivity index (χ0v) is 20.1. The predicted molar refractivity (Wildman–Crippen MR) is 135 cm³/mol. The van der Waals surface area contributed by atoms with Crippen LogP contribution in [0.3, 0.4) is 0 Å². The minimum atomic E-state index is -0.326. The van der Waals surface area contributed by atoms with Crippen molar-refractivity contribution in [2.24, 2.45) is 0 Å². The summed E-state index contributed by atoms with van der Waals surface area (Å²) in [5.41, 5.74) is 3.54. The summed E-state index contributed by atoms with van der Waals surface area (Å²) < 4.78 is 0. The Bertz CT molecular complexity index is 1270. The average molecular weight is 469 g/mol. The fraction of sp³-hybridized carbons (Fsp3) is 0.241. The highest BCUT2D eigenvalue weighted by Crippen LogP contribution is 2.24. The standard InChI is InChI=1S/C29H28N2O4/c1-29(2,3)21-15-13-19(14-16-21)26(33)20-8-6-9-22(18-20)30-25(32)12-7-17-31-27(34)23-10-4-5-11-24(23)28(31)35/h4-6,8-11,13-16,18H,7,12,17H2,1-3H3,(H,30,32). The van der Waals surface area contributed by atoms with Crippen LogP contribution in [0.2, 0.25) is 0 Å². The molecule has 0 aliphatic carbocycles. The fourth-order valence-electron chi connectivity index (χ4n) is 4.09. The first kappa shape index (κ1) is 24.1. The highest BCUT2D eigenvalue weighted by Gasteiger charge is 2.34. The Labute approximate surface area is 205 Å². The number of carbonyl (C=O) groups excluding carboxylic acids is 4. The summed E-state index contributed by atoms with van der Waals surface area (Å²) >= 11 is 0. The molecule has 0 aromatic heterocycles. The van der Waals surface area contributed by atoms with Crippen LogP contribution in [-0.4, -0.2) is 34.9 Å². The van der Waals surface area contributed by atoms with E-state index >= 15 is 0 Å². The second-order valence-corrected chi connectivity index (χ2v) is 9.70. The number of nitrogens with zero attached hydrogens (tertiary/aromatic N) is 1. The molecule has 3 aromatic rings. The number of hydrogen-bond donors (Lipinski definition) is 1. The third-order valence-corrected chi connectivity index (χ3v) is 6.09. The fourth-order valence-corrected chi connectivity index (χ4v) is 4.09. The van der Waals surface area contributed by atoms with Crippen molar-refractivity contribution in [3.8, 4) is 0 Å². The van der Waals surface area contributed by atoms with Crippen molar-refractivity contribution >= 4 is 29.2 Å². The molecule has 35 heavy (non-hydrogen) atoms. The molecule has 0 saturated heterocycles. The van der Waals surface area contributed by atoms with Crippen molar-refractivity contribution in [2.45, 2.75) is 39.0 Å². The van der Waals surface area contributed by atoms with E-state index in [2.05, 4.69) is 26.1 Å². The van der Waals surface area contributed by atoms with Gasteiger partial charge in [0.05, 0.1) is 11.1 Å². The number of hydrogen-bond acceptors (Lipinski definition) is 4. The van der Waals surface area contributed by atoms with Crippen LogP contribution in [0.5, 0.6) is 0 Å². The Morgan fingerprint density at radius 1 is 0.800 bits per heavy atom. The molecule has 0 atom stereocenters. The van der Waals surface area contributed by atoms with Crippen LogP contribution in [-0.2, 0) is 10.2 Å². The summed E-state index contributed by atoms with van der Waals surface area (Å²) in [5, 5.41) is 2.80. The van der Waals surface area contributed by atoms with Gasteiger partial charge in [-0.05, 0) is 41.7 Å². The zero-order valence-electron chi connectivity index (χ0n) is 20.1. The van der Waals surface area contributed by atoms with Crippen molar-refractivity contribution in [1.82, 2.24) is 4.90 Å². The number of fused-ring (bicyclic) bond motifs is 1. The summed E-state index contributed by atoms with van der Waals surface area (Å²) in [5.74, 6) is -1.02. The molecule has 0 fully saturated rings. The van der Waals surface area contributed by atoms with Gasteiger partial charge in [0.2, 0.25) is 5.91 Å². The molecule has 0 bridgehead atoms. The maximum absolute atomic E-state index is 12.9. The van der Waals surface area contributed by atoms with Crippen LogP contribution in [0.4, 0.5) is 5.69 Å². The van der Waals surface area contributed by atoms with E-state index < -0.39 is 0 Å². The van der Waals surface area contributed by atoms with Gasteiger partial charge >= 0.3 is 0 Å². The van der Waals surface area contributed by atoms with Crippen LogP contribution in [0.25, 0.3) is 0 Å². The van der Waals surface area contributed by atoms with Gasteiger partial charge in [0, 0.05) is 29.8 Å². The van der Waals surface area contributed by atoms with Gasteiger partial charge in [0.15, 0.2) is 5.78 Å². The van der Waals surface area contributed by atoms with E-state index in [4.69, 9.17) is 0 Å². The molecule has 1 aliphatic heterocycles. The lowest BCUT2D eigenvalue weighted by atomic mass is 9.86. The second-order valence-electron chi connectivity index (χ2n) is 9.70. The van der Waals surface area contributed by atoms with Gasteiger partial charge in [-0.25, -0.2) is 0 Å². The topological polar surface area (TPSA) is 83.6 Å². The largest absolute Gasteiger partial charge is 0.326 e. The molecule has 4 rings (SSSR count). The number of carbonyl (C=O) groups is 4. The molecule has 0 spiro atoms. The summed E-state index contributed by atoms with van der Waals surface area (Å²) in [6.07, 6.45) is 0.482. The van der Waals surface area contributed by atoms with Gasteiger partial charge in [-0.3, -0.25) is 24.1 Å². The third-order valence-electron chi connectivity index (χ3n) is 6.09. The summed E-state index contributed by atoms with van der Waals surface area (Å²) in [6.45, 7) is 6.53. The minimum Gasteiger partial charge on any atom is -0.326 e. The Balaban J connectivity index is 1.33. The van der Waals surface area contributed by atoms with E-state index in [1.165, 1.54) is 4.90 Å². The maximum Gasteiger partial charge on any atom is 0.261 e. The molecule has 1 aliphatic rings. The zero-order chi connectivity index (χ0) is 25.2. The van der Waals surface area contributed by atoms with E-state index in [1.807, 2.05) is 24.3 Å². The summed E-state index contributed by atoms with van der Waals surface area (Å²) in [4.78, 5) is 51.5. The van der Waals surface area contributed by atoms with Crippen molar-refractivity contribution in [1.29, 1.82) is 0 Å². The van der Waals surface area contributed by atoms with Gasteiger partial charge in [0.25, 0.3) is 11.8 Å². The molecule has 1 N–H and O–H groups in total. The first-order valence-corrected chi connectivity index (χ1v) is 11.7. The number of amides is 3. The van der Waals surface area contributed by atoms with E-state index in [9.17, 15) is 19.2 Å². The van der Waals surface area contributed by atoms with Crippen molar-refractivity contribution in [3.63, 3.8) is 0 Å². The number of benzene rings is 3. The van der Waals surface area contributed by atoms with E-state index in [0.717, 1.165) is 5.56 Å². The highest BCUT2D eigenvalue weighted by molar-refractivity contribution is 6.21. The Morgan fingerprint density at radius 2 is 1.43 bits per heavy atom. The average Bonchev–Trinajstić information content (AvgIpc) is 3.08. The molecule has 1 heterocycles. The summed E-state index contributed by atoms with van der Waals surface area (Å²) in [7, 11) is 0. The monoisotopic (exact) mass is 468 g/mol. The lowest BCUT2D eigenvalue weighted by molar-refractivity contribution is -0.116. The molecule has 178 valence electrons. The normalized spacial score (nSPS) is 13.1. The van der Waals surface area contributed by atoms with Crippen LogP contribution >= 0.6 is 0 Å². The highest BCUT2D eigenvalue weighted by atomic mass is 16.2. The number of anilines is 1. The van der Waals surface area contributed by atoms with Crippen molar-refractivity contribution in [2.75, 3.05) is 11.9 Å². The first-order chi connectivity index (χ1) is 16.6. The lowest BCUT2D eigenvalue weighted by Crippen LogP contribution is -2.31. The molecular formula is C29H28N2O4. The number of nitrogens with one attached hydrogen (secondary N) is 1. The Hall–Kier alpha value is -4.06. The van der Waals surface area contributed by atoms with E-state index in [-0.39, 0.29) is 41.9 Å². The quantitative estimate of drug-likeness (QED) is 0.380. The third kappa shape index (κ3) is 5.22. The molecular weight excluding hydrogens is 440 g/mol. The van der Waals surface area contributed by atoms with Gasteiger partial charge < -0.3 is 5.32 Å². The molecule has 0 saturated carbocycles. The van der Waals surface area contributed by atoms with E-state index in [1.54, 1.807) is 48.5 Å². The molecule has 0 unspecified atom stereocenters. The van der Waals surface area contributed by atoms with E-state index in [0.29, 0.717) is 34.4 Å². The smallest absolute Gasteiger partial charge is 0.261 e. The molecule has 6 nitrogen and oxygen atoms in total. The van der Waals surface area contributed by atoms with Crippen LogP contribution in [0.15, 0.2) is 72.8 Å². The molecule has 3 amide bonds. The van der Waals surface area contributed by atoms with Crippen molar-refractivity contribution < 1.29 is 19.2 Å². The lowest BCUT2D eigenvalue weighted by Gasteiger charge is -2.19. The second kappa shape index (κ2) is 9.66. The number of ketones is 1. The van der Waals surface area contributed by atoms with Gasteiger partial charge in [-0.2, -0.15) is 0 Å². The maximum atomic E-state index is 12.9. The number of imide groups is 1. The van der Waals surface area contributed by atoms with Crippen molar-refractivity contribution in [3.05, 3.63) is 101 Å². The van der Waals surface area contributed by atoms with Gasteiger partial charge in [0.1, 0.15) is 0 Å². The van der Waals surface area contributed by atoms with Crippen LogP contribution in [0, 0.1) is 0 Å². The molecule has 6 heteroatoms. The van der Waals surface area contributed by atoms with Crippen LogP contribution < -0.4 is 5.32 Å². The first-order valence-electron chi connectivity index (χ1n) is 11.7. The van der Waals surface area contributed by atoms with Crippen LogP contribution in [0.1, 0.15) is 75.8 Å². The molecule has 0 radical (unpaired) electrons. The van der Waals surface area contributed by atoms with Gasteiger partial charge in [-0.15, -0.1) is 0 Å². The van der Waals surface area contributed by atoms with Gasteiger partial charge in [-0.1, -0.05) is 69.3 Å². The molecule has 3 aromatic carbocycles. The predicted octanol–water partition coefficient (Wildman–Crippen LogP) is 5.23. The minimum absolute atomic E-state index is 0.00507. The summed E-state index contributed by atoms with van der Waals surface area (Å²) in [6, 6.07) is 21.1. The number of rotatable bonds is 7. The SMILES string of the molecule is CC(C)(C)c1ccc(C(=O)c2cccc(NC(=O)CCCN3C(=O)c4ccccc4C3=O)c2)cc1.